The highest BCUT2D eigenvalue weighted by atomic mass is 127. The highest BCUT2D eigenvalue weighted by molar-refractivity contribution is 14.0. The van der Waals surface area contributed by atoms with E-state index in [1.807, 2.05) is 18.3 Å². The lowest BCUT2D eigenvalue weighted by Crippen LogP contribution is -2.38. The number of fused-ring (bicyclic) bond motifs is 1. The van der Waals surface area contributed by atoms with Gasteiger partial charge in [0.25, 0.3) is 0 Å². The predicted molar refractivity (Wildman–Crippen MR) is 116 cm³/mol. The molecule has 0 fully saturated rings. The SMILES string of the molecule is CN=C(NCCc1c[nH]c2ccc(F)cc12)NCc1cccc(OC)n1.I. The molecule has 0 bridgehead atoms. The molecule has 6 nitrogen and oxygen atoms in total. The smallest absolute Gasteiger partial charge is 0.213 e. The van der Waals surface area contributed by atoms with Crippen molar-refractivity contribution >= 4 is 40.8 Å². The molecule has 0 aliphatic heterocycles. The zero-order valence-corrected chi connectivity index (χ0v) is 17.6. The average Bonchev–Trinajstić information content (AvgIpc) is 3.06. The molecule has 144 valence electrons. The Morgan fingerprint density at radius 2 is 2.11 bits per heavy atom. The Morgan fingerprint density at radius 1 is 1.26 bits per heavy atom. The fourth-order valence-corrected chi connectivity index (χ4v) is 2.74. The van der Waals surface area contributed by atoms with Crippen molar-refractivity contribution in [3.8, 4) is 5.88 Å². The summed E-state index contributed by atoms with van der Waals surface area (Å²) >= 11 is 0. The van der Waals surface area contributed by atoms with E-state index < -0.39 is 0 Å². The number of benzene rings is 1. The van der Waals surface area contributed by atoms with Crippen molar-refractivity contribution in [1.82, 2.24) is 20.6 Å². The zero-order valence-electron chi connectivity index (χ0n) is 15.3. The first-order valence-corrected chi connectivity index (χ1v) is 8.39. The molecule has 3 N–H and O–H groups in total. The summed E-state index contributed by atoms with van der Waals surface area (Å²) in [7, 11) is 3.31. The molecule has 3 rings (SSSR count). The van der Waals surface area contributed by atoms with E-state index in [0.717, 1.165) is 28.6 Å². The summed E-state index contributed by atoms with van der Waals surface area (Å²) in [6, 6.07) is 10.4. The van der Waals surface area contributed by atoms with Crippen molar-refractivity contribution < 1.29 is 9.13 Å². The second kappa shape index (κ2) is 10.1. The molecule has 3 aromatic rings. The van der Waals surface area contributed by atoms with Crippen molar-refractivity contribution in [3.05, 3.63) is 59.7 Å². The van der Waals surface area contributed by atoms with Gasteiger partial charge in [-0.3, -0.25) is 4.99 Å². The van der Waals surface area contributed by atoms with Gasteiger partial charge in [0.1, 0.15) is 5.82 Å². The lowest BCUT2D eigenvalue weighted by Gasteiger charge is -2.12. The minimum absolute atomic E-state index is 0. The first-order chi connectivity index (χ1) is 12.7. The van der Waals surface area contributed by atoms with Crippen LogP contribution in [0.3, 0.4) is 0 Å². The van der Waals surface area contributed by atoms with E-state index in [1.165, 1.54) is 6.07 Å². The summed E-state index contributed by atoms with van der Waals surface area (Å²) in [4.78, 5) is 11.7. The number of aromatic nitrogens is 2. The van der Waals surface area contributed by atoms with Gasteiger partial charge in [-0.05, 0) is 36.2 Å². The number of halogens is 2. The number of guanidine groups is 1. The van der Waals surface area contributed by atoms with Gasteiger partial charge in [0.2, 0.25) is 5.88 Å². The van der Waals surface area contributed by atoms with Gasteiger partial charge in [0, 0.05) is 36.8 Å². The number of ether oxygens (including phenoxy) is 1. The third-order valence-electron chi connectivity index (χ3n) is 4.07. The maximum absolute atomic E-state index is 13.4. The van der Waals surface area contributed by atoms with Gasteiger partial charge in [-0.25, -0.2) is 9.37 Å². The van der Waals surface area contributed by atoms with E-state index in [-0.39, 0.29) is 29.8 Å². The van der Waals surface area contributed by atoms with Crippen LogP contribution in [0, 0.1) is 5.82 Å². The van der Waals surface area contributed by atoms with Crippen molar-refractivity contribution in [2.45, 2.75) is 13.0 Å². The lowest BCUT2D eigenvalue weighted by molar-refractivity contribution is 0.396. The van der Waals surface area contributed by atoms with E-state index in [2.05, 4.69) is 25.6 Å². The molecule has 2 heterocycles. The van der Waals surface area contributed by atoms with Gasteiger partial charge >= 0.3 is 0 Å². The molecular weight excluding hydrogens is 460 g/mol. The van der Waals surface area contributed by atoms with Crippen LogP contribution in [-0.2, 0) is 13.0 Å². The number of nitrogens with one attached hydrogen (secondary N) is 3. The van der Waals surface area contributed by atoms with E-state index in [1.54, 1.807) is 32.4 Å². The van der Waals surface area contributed by atoms with E-state index in [4.69, 9.17) is 4.74 Å². The molecule has 1 aromatic carbocycles. The van der Waals surface area contributed by atoms with Gasteiger partial charge < -0.3 is 20.4 Å². The Hall–Kier alpha value is -2.36. The molecule has 2 aromatic heterocycles. The number of hydrogen-bond acceptors (Lipinski definition) is 3. The first kappa shape index (κ1) is 20.9. The number of methoxy groups -OCH3 is 1. The molecule has 0 spiro atoms. The Kier molecular flexibility index (Phi) is 7.83. The van der Waals surface area contributed by atoms with Gasteiger partial charge in [0.15, 0.2) is 5.96 Å². The van der Waals surface area contributed by atoms with Gasteiger partial charge in [-0.2, -0.15) is 0 Å². The van der Waals surface area contributed by atoms with Crippen LogP contribution in [0.5, 0.6) is 5.88 Å². The normalized spacial score (nSPS) is 11.1. The number of H-pyrrole nitrogens is 1. The number of rotatable bonds is 6. The second-order valence-electron chi connectivity index (χ2n) is 5.78. The molecule has 0 aliphatic carbocycles. The van der Waals surface area contributed by atoms with Crippen LogP contribution >= 0.6 is 24.0 Å². The second-order valence-corrected chi connectivity index (χ2v) is 5.78. The quantitative estimate of drug-likeness (QED) is 0.286. The third kappa shape index (κ3) is 5.56. The summed E-state index contributed by atoms with van der Waals surface area (Å²) in [5, 5.41) is 7.39. The largest absolute Gasteiger partial charge is 0.481 e. The molecule has 0 amide bonds. The molecule has 0 unspecified atom stereocenters. The maximum atomic E-state index is 13.4. The number of aliphatic imine (C=N–C) groups is 1. The van der Waals surface area contributed by atoms with Crippen molar-refractivity contribution in [2.24, 2.45) is 4.99 Å². The van der Waals surface area contributed by atoms with Crippen LogP contribution in [0.4, 0.5) is 4.39 Å². The lowest BCUT2D eigenvalue weighted by atomic mass is 10.1. The highest BCUT2D eigenvalue weighted by Crippen LogP contribution is 2.19. The topological polar surface area (TPSA) is 74.3 Å². The summed E-state index contributed by atoms with van der Waals surface area (Å²) in [6.07, 6.45) is 2.67. The Labute approximate surface area is 174 Å². The molecule has 0 aliphatic rings. The van der Waals surface area contributed by atoms with Crippen molar-refractivity contribution in [3.63, 3.8) is 0 Å². The molecule has 0 saturated carbocycles. The highest BCUT2D eigenvalue weighted by Gasteiger charge is 2.06. The number of nitrogens with zero attached hydrogens (tertiary/aromatic N) is 2. The minimum Gasteiger partial charge on any atom is -0.481 e. The van der Waals surface area contributed by atoms with Crippen molar-refractivity contribution in [2.75, 3.05) is 20.7 Å². The fourth-order valence-electron chi connectivity index (χ4n) is 2.74. The number of pyridine rings is 1. The summed E-state index contributed by atoms with van der Waals surface area (Å²) in [6.45, 7) is 1.21. The van der Waals surface area contributed by atoms with Gasteiger partial charge in [-0.1, -0.05) is 6.07 Å². The molecular formula is C19H23FIN5O. The van der Waals surface area contributed by atoms with Crippen LogP contribution in [0.15, 0.2) is 47.6 Å². The summed E-state index contributed by atoms with van der Waals surface area (Å²) < 4.78 is 18.6. The van der Waals surface area contributed by atoms with E-state index in [9.17, 15) is 4.39 Å². The minimum atomic E-state index is -0.227. The standard InChI is InChI=1S/C19H22FN5O.HI/c1-21-19(24-12-15-4-3-5-18(25-15)26-2)22-9-8-13-11-23-17-7-6-14(20)10-16(13)17;/h3-7,10-11,23H,8-9,12H2,1-2H3,(H2,21,22,24);1H. The Balaban J connectivity index is 0.00000261. The molecule has 27 heavy (non-hydrogen) atoms. The summed E-state index contributed by atoms with van der Waals surface area (Å²) in [5.41, 5.74) is 2.87. The van der Waals surface area contributed by atoms with Crippen LogP contribution in [0.2, 0.25) is 0 Å². The van der Waals surface area contributed by atoms with Crippen LogP contribution in [0.25, 0.3) is 10.9 Å². The monoisotopic (exact) mass is 483 g/mol. The van der Waals surface area contributed by atoms with E-state index in [0.29, 0.717) is 24.9 Å². The third-order valence-corrected chi connectivity index (χ3v) is 4.07. The molecule has 0 atom stereocenters. The fraction of sp³-hybridized carbons (Fsp3) is 0.263. The zero-order chi connectivity index (χ0) is 18.4. The Morgan fingerprint density at radius 3 is 2.89 bits per heavy atom. The predicted octanol–water partition coefficient (Wildman–Crippen LogP) is 3.24. The molecule has 0 saturated heterocycles. The van der Waals surface area contributed by atoms with Crippen molar-refractivity contribution in [1.29, 1.82) is 0 Å². The van der Waals surface area contributed by atoms with E-state index >= 15 is 0 Å². The molecule has 0 radical (unpaired) electrons. The van der Waals surface area contributed by atoms with Crippen LogP contribution in [-0.4, -0.2) is 36.6 Å². The van der Waals surface area contributed by atoms with Crippen LogP contribution in [0.1, 0.15) is 11.3 Å². The first-order valence-electron chi connectivity index (χ1n) is 8.39. The maximum Gasteiger partial charge on any atom is 0.213 e. The van der Waals surface area contributed by atoms with Gasteiger partial charge in [-0.15, -0.1) is 24.0 Å². The van der Waals surface area contributed by atoms with Crippen LogP contribution < -0.4 is 15.4 Å². The number of aromatic amines is 1. The molecule has 8 heteroatoms. The van der Waals surface area contributed by atoms with Gasteiger partial charge in [0.05, 0.1) is 19.3 Å². The summed E-state index contributed by atoms with van der Waals surface area (Å²) in [5.74, 6) is 1.04. The average molecular weight is 483 g/mol. The Bertz CT molecular complexity index is 912. The number of hydrogen-bond donors (Lipinski definition) is 3.